The average molecular weight is 440 g/mol. The van der Waals surface area contributed by atoms with Crippen LogP contribution in [0.25, 0.3) is 28.1 Å². The minimum absolute atomic E-state index is 0.214. The molecule has 1 atom stereocenters. The number of aryl methyl sites for hydroxylation is 1. The van der Waals surface area contributed by atoms with Crippen LogP contribution >= 0.6 is 0 Å². The topological polar surface area (TPSA) is 15.9 Å². The van der Waals surface area contributed by atoms with Gasteiger partial charge < -0.3 is 5.32 Å². The van der Waals surface area contributed by atoms with Crippen LogP contribution < -0.4 is 9.88 Å². The summed E-state index contributed by atoms with van der Waals surface area (Å²) >= 11 is 0. The zero-order chi connectivity index (χ0) is 22.9. The number of rotatable bonds is 4. The van der Waals surface area contributed by atoms with Crippen LogP contribution in [0.2, 0.25) is 0 Å². The first kappa shape index (κ1) is 20.4. The summed E-state index contributed by atoms with van der Waals surface area (Å²) in [4.78, 5) is 0. The number of pyridine rings is 1. The zero-order valence-electron chi connectivity index (χ0n) is 19.3. The smallest absolute Gasteiger partial charge is 0.219 e. The highest BCUT2D eigenvalue weighted by atomic mass is 15.0. The molecule has 0 spiro atoms. The van der Waals surface area contributed by atoms with Crippen LogP contribution in [0.3, 0.4) is 0 Å². The van der Waals surface area contributed by atoms with Crippen LogP contribution in [-0.4, -0.2) is 0 Å². The van der Waals surface area contributed by atoms with E-state index >= 15 is 0 Å². The van der Waals surface area contributed by atoms with E-state index in [1.165, 1.54) is 50.5 Å². The third kappa shape index (κ3) is 3.78. The molecule has 0 aliphatic carbocycles. The lowest BCUT2D eigenvalue weighted by atomic mass is 9.97. The summed E-state index contributed by atoms with van der Waals surface area (Å²) in [6.07, 6.45) is 12.0. The fourth-order valence-corrected chi connectivity index (χ4v) is 4.92. The van der Waals surface area contributed by atoms with Gasteiger partial charge in [-0.25, -0.2) is 0 Å². The number of hydrogen-bond acceptors (Lipinski definition) is 1. The summed E-state index contributed by atoms with van der Waals surface area (Å²) in [7, 11) is 0. The molecule has 4 aromatic rings. The number of nitrogens with zero attached hydrogens (tertiary/aromatic N) is 1. The number of allylic oxidation sites excluding steroid dienone is 3. The number of nitrogens with one attached hydrogen (secondary N) is 1. The Kier molecular flexibility index (Phi) is 5.20. The van der Waals surface area contributed by atoms with Gasteiger partial charge in [-0.15, -0.1) is 0 Å². The van der Waals surface area contributed by atoms with Gasteiger partial charge in [0.25, 0.3) is 0 Å². The van der Waals surface area contributed by atoms with Crippen molar-refractivity contribution in [2.45, 2.75) is 19.4 Å². The molecule has 0 bridgehead atoms. The molecule has 34 heavy (non-hydrogen) atoms. The summed E-state index contributed by atoms with van der Waals surface area (Å²) in [5.41, 5.74) is 11.3. The van der Waals surface area contributed by atoms with Crippen LogP contribution in [0.4, 0.5) is 0 Å². The molecule has 6 rings (SSSR count). The number of aromatic nitrogens is 1. The van der Waals surface area contributed by atoms with Crippen molar-refractivity contribution in [2.24, 2.45) is 0 Å². The Hall–Kier alpha value is -4.17. The SMILES string of the molecule is Cc1ccc2[n+](c1)/C(=C\CC1=CC=CC(c3ccccc3)N1)c1ccc(-c3ccccc3)cc1-2. The second-order valence-electron chi connectivity index (χ2n) is 8.99. The van der Waals surface area contributed by atoms with Crippen molar-refractivity contribution in [1.29, 1.82) is 0 Å². The lowest BCUT2D eigenvalue weighted by Crippen LogP contribution is -2.31. The van der Waals surface area contributed by atoms with Gasteiger partial charge in [0, 0.05) is 23.7 Å². The Morgan fingerprint density at radius 1 is 0.824 bits per heavy atom. The van der Waals surface area contributed by atoms with Gasteiger partial charge in [-0.3, -0.25) is 0 Å². The number of benzene rings is 3. The van der Waals surface area contributed by atoms with Crippen LogP contribution in [0.5, 0.6) is 0 Å². The first-order valence-electron chi connectivity index (χ1n) is 11.9. The number of hydrogen-bond donors (Lipinski definition) is 1. The Labute approximate surface area is 201 Å². The van der Waals surface area contributed by atoms with Gasteiger partial charge in [0.2, 0.25) is 11.4 Å². The standard InChI is InChI=1S/C32H27N2/c1-23-15-19-32-29-21-26(24-9-4-2-5-10-24)16-18-28(29)31(34(32)22-23)20-17-27-13-8-14-30(33-27)25-11-6-3-7-12-25/h2-16,18-22,30,33H,17H2,1H3/q+1/b31-20-. The minimum atomic E-state index is 0.214. The molecule has 3 heterocycles. The van der Waals surface area contributed by atoms with Gasteiger partial charge in [0.05, 0.1) is 17.2 Å². The molecule has 0 amide bonds. The molecule has 1 unspecified atom stereocenters. The molecule has 1 N–H and O–H groups in total. The van der Waals surface area contributed by atoms with E-state index in [9.17, 15) is 0 Å². The largest absolute Gasteiger partial charge is 0.378 e. The summed E-state index contributed by atoms with van der Waals surface area (Å²) in [5.74, 6) is 0. The van der Waals surface area contributed by atoms with Crippen molar-refractivity contribution in [2.75, 3.05) is 0 Å². The van der Waals surface area contributed by atoms with E-state index in [0.717, 1.165) is 6.42 Å². The third-order valence-electron chi connectivity index (χ3n) is 6.65. The number of fused-ring (bicyclic) bond motifs is 3. The normalized spacial score (nSPS) is 17.1. The quantitative estimate of drug-likeness (QED) is 0.298. The predicted octanol–water partition coefficient (Wildman–Crippen LogP) is 6.99. The molecule has 0 saturated heterocycles. The van der Waals surface area contributed by atoms with Gasteiger partial charge >= 0.3 is 0 Å². The highest BCUT2D eigenvalue weighted by molar-refractivity contribution is 5.84. The molecular formula is C32H27N2+. The molecule has 1 aromatic heterocycles. The van der Waals surface area contributed by atoms with E-state index in [2.05, 4.69) is 138 Å². The maximum absolute atomic E-state index is 3.70. The Morgan fingerprint density at radius 3 is 2.44 bits per heavy atom. The maximum atomic E-state index is 3.70. The highest BCUT2D eigenvalue weighted by Gasteiger charge is 2.32. The van der Waals surface area contributed by atoms with Crippen LogP contribution in [0.15, 0.2) is 127 Å². The fraction of sp³-hybridized carbons (Fsp3) is 0.0938. The van der Waals surface area contributed by atoms with E-state index < -0.39 is 0 Å². The second-order valence-corrected chi connectivity index (χ2v) is 8.99. The Balaban J connectivity index is 1.34. The third-order valence-corrected chi connectivity index (χ3v) is 6.65. The summed E-state index contributed by atoms with van der Waals surface area (Å²) in [5, 5.41) is 3.70. The average Bonchev–Trinajstić information content (AvgIpc) is 3.20. The monoisotopic (exact) mass is 439 g/mol. The fourth-order valence-electron chi connectivity index (χ4n) is 4.92. The molecular weight excluding hydrogens is 412 g/mol. The van der Waals surface area contributed by atoms with Gasteiger partial charge in [0.1, 0.15) is 0 Å². The summed E-state index contributed by atoms with van der Waals surface area (Å²) in [6, 6.07) is 32.7. The lowest BCUT2D eigenvalue weighted by Gasteiger charge is -2.21. The van der Waals surface area contributed by atoms with Crippen molar-refractivity contribution in [3.05, 3.63) is 144 Å². The van der Waals surface area contributed by atoms with Gasteiger partial charge in [-0.1, -0.05) is 78.9 Å². The minimum Gasteiger partial charge on any atom is -0.378 e. The van der Waals surface area contributed by atoms with Crippen LogP contribution in [0, 0.1) is 6.92 Å². The highest BCUT2D eigenvalue weighted by Crippen LogP contribution is 2.36. The maximum Gasteiger partial charge on any atom is 0.219 e. The first-order chi connectivity index (χ1) is 16.8. The molecule has 0 fully saturated rings. The van der Waals surface area contributed by atoms with Crippen LogP contribution in [0.1, 0.15) is 29.2 Å². The van der Waals surface area contributed by atoms with Gasteiger partial charge in [-0.2, -0.15) is 4.57 Å². The van der Waals surface area contributed by atoms with Gasteiger partial charge in [-0.05, 0) is 54.0 Å². The molecule has 3 aromatic carbocycles. The van der Waals surface area contributed by atoms with E-state index in [1.807, 2.05) is 0 Å². The Bertz CT molecular complexity index is 1440. The molecule has 0 radical (unpaired) electrons. The van der Waals surface area contributed by atoms with Crippen molar-refractivity contribution in [3.8, 4) is 22.4 Å². The first-order valence-corrected chi connectivity index (χ1v) is 11.9. The molecule has 2 aliphatic rings. The van der Waals surface area contributed by atoms with Crippen molar-refractivity contribution in [1.82, 2.24) is 5.32 Å². The molecule has 0 saturated carbocycles. The molecule has 2 nitrogen and oxygen atoms in total. The van der Waals surface area contributed by atoms with Crippen molar-refractivity contribution in [3.63, 3.8) is 0 Å². The second kappa shape index (κ2) is 8.64. The summed E-state index contributed by atoms with van der Waals surface area (Å²) in [6.45, 7) is 2.16. The van der Waals surface area contributed by atoms with Crippen molar-refractivity contribution < 1.29 is 4.57 Å². The van der Waals surface area contributed by atoms with Crippen LogP contribution in [-0.2, 0) is 0 Å². The summed E-state index contributed by atoms with van der Waals surface area (Å²) < 4.78 is 2.35. The number of dihydropyridines is 1. The molecule has 2 aliphatic heterocycles. The van der Waals surface area contributed by atoms with E-state index in [-0.39, 0.29) is 6.04 Å². The van der Waals surface area contributed by atoms with E-state index in [4.69, 9.17) is 0 Å². The van der Waals surface area contributed by atoms with Crippen molar-refractivity contribution >= 4 is 5.70 Å². The van der Waals surface area contributed by atoms with E-state index in [1.54, 1.807) is 0 Å². The predicted molar refractivity (Wildman–Crippen MR) is 140 cm³/mol. The zero-order valence-corrected chi connectivity index (χ0v) is 19.3. The van der Waals surface area contributed by atoms with E-state index in [0.29, 0.717) is 0 Å². The Morgan fingerprint density at radius 2 is 1.62 bits per heavy atom. The molecule has 2 heteroatoms. The lowest BCUT2D eigenvalue weighted by molar-refractivity contribution is -0.563. The molecule has 164 valence electrons. The van der Waals surface area contributed by atoms with Gasteiger partial charge in [0.15, 0.2) is 6.20 Å².